The molecule has 0 atom stereocenters. The van der Waals surface area contributed by atoms with E-state index in [1.807, 2.05) is 19.1 Å². The summed E-state index contributed by atoms with van der Waals surface area (Å²) >= 11 is 5.80. The van der Waals surface area contributed by atoms with Crippen molar-refractivity contribution in [2.45, 2.75) is 20.8 Å². The number of carbonyl (C=O) groups excluding carboxylic acids is 1. The molecule has 6 heteroatoms. The third kappa shape index (κ3) is 4.64. The number of ether oxygens (including phenoxy) is 1. The molecule has 1 amide bonds. The Morgan fingerprint density at radius 1 is 1.09 bits per heavy atom. The molecule has 4 nitrogen and oxygen atoms in total. The molecule has 0 radical (unpaired) electrons. The number of halogens is 2. The molecule has 0 aliphatic rings. The van der Waals surface area contributed by atoms with Gasteiger partial charge in [0.1, 0.15) is 17.1 Å². The van der Waals surface area contributed by atoms with Crippen LogP contribution in [0.15, 0.2) is 65.3 Å². The van der Waals surface area contributed by atoms with E-state index in [1.54, 1.807) is 13.4 Å². The minimum Gasteiger partial charge on any atom is -0.496 e. The predicted octanol–water partition coefficient (Wildman–Crippen LogP) is 7.56. The van der Waals surface area contributed by atoms with Crippen molar-refractivity contribution in [2.75, 3.05) is 12.4 Å². The van der Waals surface area contributed by atoms with Gasteiger partial charge in [-0.1, -0.05) is 35.4 Å². The lowest BCUT2D eigenvalue weighted by Crippen LogP contribution is -2.08. The average molecular weight is 464 g/mol. The van der Waals surface area contributed by atoms with Crippen LogP contribution in [0.4, 0.5) is 10.1 Å². The van der Waals surface area contributed by atoms with Crippen molar-refractivity contribution in [3.05, 3.63) is 88.4 Å². The molecule has 0 saturated carbocycles. The summed E-state index contributed by atoms with van der Waals surface area (Å²) in [5.74, 6) is -0.311. The second-order valence-corrected chi connectivity index (χ2v) is 8.37. The number of fused-ring (bicyclic) bond motifs is 1. The molecule has 0 aliphatic carbocycles. The smallest absolute Gasteiger partial charge is 0.248 e. The first-order valence-corrected chi connectivity index (χ1v) is 10.8. The van der Waals surface area contributed by atoms with Gasteiger partial charge in [-0.25, -0.2) is 4.39 Å². The standard InChI is InChI=1S/C27H23ClFNO3/c1-15-5-7-19(16(2)9-15)22-14-33-26-13-25(32-4)20(12-21(22)26)17(3)10-27(31)30-18-6-8-24(29)23(28)11-18/h5-14H,1-4H3,(H,30,31)/b17-10+. The molecule has 0 unspecified atom stereocenters. The van der Waals surface area contributed by atoms with Gasteiger partial charge in [-0.3, -0.25) is 4.79 Å². The zero-order valence-corrected chi connectivity index (χ0v) is 19.5. The molecule has 3 aromatic carbocycles. The summed E-state index contributed by atoms with van der Waals surface area (Å²) in [6, 6.07) is 14.1. The van der Waals surface area contributed by atoms with E-state index in [-0.39, 0.29) is 10.9 Å². The van der Waals surface area contributed by atoms with E-state index >= 15 is 0 Å². The molecule has 33 heavy (non-hydrogen) atoms. The number of anilines is 1. The molecule has 1 aromatic heterocycles. The van der Waals surface area contributed by atoms with Crippen molar-refractivity contribution >= 4 is 39.7 Å². The van der Waals surface area contributed by atoms with Crippen LogP contribution in [-0.2, 0) is 4.79 Å². The second-order valence-electron chi connectivity index (χ2n) is 7.96. The Labute approximate surface area is 196 Å². The minimum absolute atomic E-state index is 0.0560. The van der Waals surface area contributed by atoms with Gasteiger partial charge >= 0.3 is 0 Å². The van der Waals surface area contributed by atoms with Gasteiger partial charge < -0.3 is 14.5 Å². The van der Waals surface area contributed by atoms with Crippen molar-refractivity contribution in [3.8, 4) is 16.9 Å². The Morgan fingerprint density at radius 3 is 2.58 bits per heavy atom. The Hall–Kier alpha value is -3.57. The van der Waals surface area contributed by atoms with Crippen molar-refractivity contribution in [3.63, 3.8) is 0 Å². The summed E-state index contributed by atoms with van der Waals surface area (Å²) < 4.78 is 24.8. The van der Waals surface area contributed by atoms with Crippen molar-refractivity contribution in [1.82, 2.24) is 0 Å². The van der Waals surface area contributed by atoms with E-state index in [2.05, 4.69) is 37.4 Å². The number of aryl methyl sites for hydroxylation is 2. The normalized spacial score (nSPS) is 11.6. The number of carbonyl (C=O) groups is 1. The van der Waals surface area contributed by atoms with Crippen LogP contribution in [-0.4, -0.2) is 13.0 Å². The highest BCUT2D eigenvalue weighted by molar-refractivity contribution is 6.31. The van der Waals surface area contributed by atoms with Gasteiger partial charge in [0, 0.05) is 34.3 Å². The molecule has 0 saturated heterocycles. The number of furan rings is 1. The van der Waals surface area contributed by atoms with E-state index in [4.69, 9.17) is 20.8 Å². The first-order valence-electron chi connectivity index (χ1n) is 10.4. The monoisotopic (exact) mass is 463 g/mol. The molecular weight excluding hydrogens is 441 g/mol. The summed E-state index contributed by atoms with van der Waals surface area (Å²) in [6.07, 6.45) is 3.22. The molecule has 0 spiro atoms. The summed E-state index contributed by atoms with van der Waals surface area (Å²) in [5.41, 5.74) is 6.98. The molecule has 4 aromatic rings. The van der Waals surface area contributed by atoms with Gasteiger partial charge in [0.2, 0.25) is 5.91 Å². The number of nitrogens with one attached hydrogen (secondary N) is 1. The first-order chi connectivity index (χ1) is 15.8. The number of amides is 1. The van der Waals surface area contributed by atoms with Gasteiger partial charge in [0.15, 0.2) is 0 Å². The van der Waals surface area contributed by atoms with Gasteiger partial charge in [-0.2, -0.15) is 0 Å². The second kappa shape index (κ2) is 9.12. The molecule has 1 heterocycles. The minimum atomic E-state index is -0.542. The summed E-state index contributed by atoms with van der Waals surface area (Å²) in [6.45, 7) is 5.97. The highest BCUT2D eigenvalue weighted by atomic mass is 35.5. The lowest BCUT2D eigenvalue weighted by Gasteiger charge is -2.11. The molecule has 1 N–H and O–H groups in total. The molecule has 4 rings (SSSR count). The van der Waals surface area contributed by atoms with Crippen LogP contribution in [0, 0.1) is 19.7 Å². The third-order valence-electron chi connectivity index (χ3n) is 5.53. The van der Waals surface area contributed by atoms with Gasteiger partial charge in [-0.05, 0) is 61.7 Å². The van der Waals surface area contributed by atoms with E-state index < -0.39 is 5.82 Å². The molecular formula is C27H23ClFNO3. The highest BCUT2D eigenvalue weighted by Gasteiger charge is 2.16. The predicted molar refractivity (Wildman–Crippen MR) is 131 cm³/mol. The highest BCUT2D eigenvalue weighted by Crippen LogP contribution is 2.38. The Bertz CT molecular complexity index is 1400. The molecule has 0 bridgehead atoms. The number of methoxy groups -OCH3 is 1. The van der Waals surface area contributed by atoms with E-state index in [9.17, 15) is 9.18 Å². The van der Waals surface area contributed by atoms with Crippen LogP contribution in [0.3, 0.4) is 0 Å². The SMILES string of the molecule is COc1cc2occ(-c3ccc(C)cc3C)c2cc1/C(C)=C/C(=O)Nc1ccc(F)c(Cl)c1. The molecule has 0 aliphatic heterocycles. The zero-order valence-electron chi connectivity index (χ0n) is 18.8. The van der Waals surface area contributed by atoms with Gasteiger partial charge in [-0.15, -0.1) is 0 Å². The van der Waals surface area contributed by atoms with Crippen molar-refractivity contribution in [2.24, 2.45) is 0 Å². The van der Waals surface area contributed by atoms with Crippen LogP contribution < -0.4 is 10.1 Å². The summed E-state index contributed by atoms with van der Waals surface area (Å²) in [4.78, 5) is 12.6. The lowest BCUT2D eigenvalue weighted by atomic mass is 9.96. The Morgan fingerprint density at radius 2 is 1.88 bits per heavy atom. The topological polar surface area (TPSA) is 51.5 Å². The van der Waals surface area contributed by atoms with E-state index in [1.165, 1.54) is 29.8 Å². The van der Waals surface area contributed by atoms with Crippen LogP contribution in [0.25, 0.3) is 27.7 Å². The third-order valence-corrected chi connectivity index (χ3v) is 5.82. The van der Waals surface area contributed by atoms with E-state index in [0.29, 0.717) is 22.6 Å². The summed E-state index contributed by atoms with van der Waals surface area (Å²) in [7, 11) is 1.58. The van der Waals surface area contributed by atoms with Crippen molar-refractivity contribution < 1.29 is 18.3 Å². The number of rotatable bonds is 5. The fourth-order valence-corrected chi connectivity index (χ4v) is 4.06. The first kappa shape index (κ1) is 22.6. The fourth-order valence-electron chi connectivity index (χ4n) is 3.88. The maximum atomic E-state index is 13.4. The Kier molecular flexibility index (Phi) is 6.25. The van der Waals surface area contributed by atoms with Crippen LogP contribution in [0.5, 0.6) is 5.75 Å². The van der Waals surface area contributed by atoms with E-state index in [0.717, 1.165) is 27.6 Å². The number of benzene rings is 3. The maximum absolute atomic E-state index is 13.4. The van der Waals surface area contributed by atoms with Crippen LogP contribution in [0.1, 0.15) is 23.6 Å². The van der Waals surface area contributed by atoms with Gasteiger partial charge in [0.25, 0.3) is 0 Å². The summed E-state index contributed by atoms with van der Waals surface area (Å²) in [5, 5.41) is 3.58. The number of allylic oxidation sites excluding steroid dienone is 1. The quantitative estimate of drug-likeness (QED) is 0.311. The largest absolute Gasteiger partial charge is 0.496 e. The Balaban J connectivity index is 1.72. The maximum Gasteiger partial charge on any atom is 0.248 e. The average Bonchev–Trinajstić information content (AvgIpc) is 3.18. The molecule has 0 fully saturated rings. The number of hydrogen-bond acceptors (Lipinski definition) is 3. The van der Waals surface area contributed by atoms with Gasteiger partial charge in [0.05, 0.1) is 18.4 Å². The van der Waals surface area contributed by atoms with Crippen LogP contribution in [0.2, 0.25) is 5.02 Å². The molecule has 168 valence electrons. The zero-order chi connectivity index (χ0) is 23.7. The fraction of sp³-hybridized carbons (Fsp3) is 0.148. The van der Waals surface area contributed by atoms with Crippen LogP contribution >= 0.6 is 11.6 Å². The number of hydrogen-bond donors (Lipinski definition) is 1. The lowest BCUT2D eigenvalue weighted by molar-refractivity contribution is -0.111. The van der Waals surface area contributed by atoms with Crippen molar-refractivity contribution in [1.29, 1.82) is 0 Å².